The van der Waals surface area contributed by atoms with Crippen molar-refractivity contribution in [2.45, 2.75) is 51.7 Å². The molecule has 114 valence electrons. The fourth-order valence-corrected chi connectivity index (χ4v) is 2.13. The zero-order valence-electron chi connectivity index (χ0n) is 12.6. The Morgan fingerprint density at radius 3 is 2.55 bits per heavy atom. The highest BCUT2D eigenvalue weighted by Crippen LogP contribution is 2.14. The first kappa shape index (κ1) is 17.1. The lowest BCUT2D eigenvalue weighted by Crippen LogP contribution is -2.32. The topological polar surface area (TPSA) is 21.3 Å². The zero-order valence-corrected chi connectivity index (χ0v) is 12.6. The summed E-state index contributed by atoms with van der Waals surface area (Å²) in [6.07, 6.45) is 3.86. The third-order valence-corrected chi connectivity index (χ3v) is 3.47. The van der Waals surface area contributed by atoms with Crippen LogP contribution in [-0.2, 0) is 11.2 Å². The SMILES string of the molecule is CCCNC(CCC(C)OC)Cc1ccc(F)c(F)c1. The number of ether oxygens (including phenoxy) is 1. The first-order valence-corrected chi connectivity index (χ1v) is 7.26. The molecule has 0 aliphatic heterocycles. The van der Waals surface area contributed by atoms with E-state index in [0.29, 0.717) is 6.42 Å². The van der Waals surface area contributed by atoms with Crippen LogP contribution in [0.3, 0.4) is 0 Å². The Labute approximate surface area is 120 Å². The Bertz CT molecular complexity index is 398. The lowest BCUT2D eigenvalue weighted by Gasteiger charge is -2.20. The third-order valence-electron chi connectivity index (χ3n) is 3.47. The fraction of sp³-hybridized carbons (Fsp3) is 0.625. The molecule has 1 N–H and O–H groups in total. The summed E-state index contributed by atoms with van der Waals surface area (Å²) in [6.45, 7) is 5.07. The van der Waals surface area contributed by atoms with Gasteiger partial charge in [0.05, 0.1) is 6.10 Å². The van der Waals surface area contributed by atoms with Crippen molar-refractivity contribution in [3.05, 3.63) is 35.4 Å². The van der Waals surface area contributed by atoms with E-state index in [0.717, 1.165) is 31.4 Å². The summed E-state index contributed by atoms with van der Waals surface area (Å²) in [5.74, 6) is -1.57. The third kappa shape index (κ3) is 5.97. The Balaban J connectivity index is 2.60. The predicted molar refractivity (Wildman–Crippen MR) is 77.8 cm³/mol. The van der Waals surface area contributed by atoms with Gasteiger partial charge in [0.15, 0.2) is 11.6 Å². The Kier molecular flexibility index (Phi) is 7.70. The monoisotopic (exact) mass is 285 g/mol. The molecule has 1 rings (SSSR count). The van der Waals surface area contributed by atoms with Crippen molar-refractivity contribution in [1.29, 1.82) is 0 Å². The van der Waals surface area contributed by atoms with Crippen LogP contribution in [0.2, 0.25) is 0 Å². The largest absolute Gasteiger partial charge is 0.382 e. The normalized spacial score (nSPS) is 14.2. The van der Waals surface area contributed by atoms with Gasteiger partial charge >= 0.3 is 0 Å². The maximum atomic E-state index is 13.2. The van der Waals surface area contributed by atoms with E-state index >= 15 is 0 Å². The van der Waals surface area contributed by atoms with Crippen molar-refractivity contribution in [2.75, 3.05) is 13.7 Å². The Hall–Kier alpha value is -1.00. The first-order chi connectivity index (χ1) is 9.56. The van der Waals surface area contributed by atoms with Gasteiger partial charge < -0.3 is 10.1 Å². The van der Waals surface area contributed by atoms with Gasteiger partial charge in [0.2, 0.25) is 0 Å². The van der Waals surface area contributed by atoms with Gasteiger partial charge in [-0.25, -0.2) is 8.78 Å². The maximum absolute atomic E-state index is 13.2. The molecule has 0 aliphatic rings. The first-order valence-electron chi connectivity index (χ1n) is 7.26. The maximum Gasteiger partial charge on any atom is 0.159 e. The van der Waals surface area contributed by atoms with E-state index < -0.39 is 11.6 Å². The summed E-state index contributed by atoms with van der Waals surface area (Å²) >= 11 is 0. The average Bonchev–Trinajstić information content (AvgIpc) is 2.45. The van der Waals surface area contributed by atoms with Crippen molar-refractivity contribution in [2.24, 2.45) is 0 Å². The van der Waals surface area contributed by atoms with Gasteiger partial charge in [-0.05, 0) is 56.8 Å². The number of nitrogens with one attached hydrogen (secondary N) is 1. The van der Waals surface area contributed by atoms with Crippen molar-refractivity contribution >= 4 is 0 Å². The second kappa shape index (κ2) is 9.03. The van der Waals surface area contributed by atoms with Gasteiger partial charge in [-0.15, -0.1) is 0 Å². The molecular formula is C16H25F2NO. The van der Waals surface area contributed by atoms with Crippen molar-refractivity contribution in [1.82, 2.24) is 5.32 Å². The minimum absolute atomic E-state index is 0.214. The number of halogens is 2. The molecular weight excluding hydrogens is 260 g/mol. The van der Waals surface area contributed by atoms with E-state index in [1.54, 1.807) is 13.2 Å². The molecule has 0 bridgehead atoms. The quantitative estimate of drug-likeness (QED) is 0.747. The highest BCUT2D eigenvalue weighted by molar-refractivity contribution is 5.18. The van der Waals surface area contributed by atoms with Crippen LogP contribution >= 0.6 is 0 Å². The minimum Gasteiger partial charge on any atom is -0.382 e. The van der Waals surface area contributed by atoms with Crippen LogP contribution in [-0.4, -0.2) is 25.8 Å². The van der Waals surface area contributed by atoms with Crippen molar-refractivity contribution < 1.29 is 13.5 Å². The predicted octanol–water partition coefficient (Wildman–Crippen LogP) is 3.69. The van der Waals surface area contributed by atoms with Gasteiger partial charge in [-0.3, -0.25) is 0 Å². The second-order valence-corrected chi connectivity index (χ2v) is 5.23. The summed E-state index contributed by atoms with van der Waals surface area (Å²) < 4.78 is 31.4. The summed E-state index contributed by atoms with van der Waals surface area (Å²) in [4.78, 5) is 0. The molecule has 1 aromatic rings. The molecule has 0 fully saturated rings. The molecule has 1 aromatic carbocycles. The summed E-state index contributed by atoms with van der Waals surface area (Å²) in [5.41, 5.74) is 0.822. The number of methoxy groups -OCH3 is 1. The number of hydrogen-bond acceptors (Lipinski definition) is 2. The van der Waals surface area contributed by atoms with E-state index in [-0.39, 0.29) is 12.1 Å². The molecule has 2 nitrogen and oxygen atoms in total. The molecule has 0 saturated heterocycles. The van der Waals surface area contributed by atoms with Gasteiger partial charge in [0.25, 0.3) is 0 Å². The van der Waals surface area contributed by atoms with E-state index in [9.17, 15) is 8.78 Å². The van der Waals surface area contributed by atoms with Crippen LogP contribution in [0.1, 0.15) is 38.7 Å². The van der Waals surface area contributed by atoms with Gasteiger partial charge in [0, 0.05) is 13.2 Å². The molecule has 0 amide bonds. The molecule has 0 spiro atoms. The number of benzene rings is 1. The van der Waals surface area contributed by atoms with Crippen molar-refractivity contribution in [3.63, 3.8) is 0 Å². The molecule has 0 heterocycles. The standard InChI is InChI=1S/C16H25F2NO/c1-4-9-19-14(7-5-12(2)20-3)10-13-6-8-15(17)16(18)11-13/h6,8,11-12,14,19H,4-5,7,9-10H2,1-3H3. The Morgan fingerprint density at radius 1 is 1.20 bits per heavy atom. The lowest BCUT2D eigenvalue weighted by atomic mass is 10.00. The summed E-state index contributed by atoms with van der Waals surface area (Å²) in [5, 5.41) is 3.46. The van der Waals surface area contributed by atoms with Crippen LogP contribution in [0.25, 0.3) is 0 Å². The van der Waals surface area contributed by atoms with Gasteiger partial charge in [-0.1, -0.05) is 13.0 Å². The van der Waals surface area contributed by atoms with Gasteiger partial charge in [-0.2, -0.15) is 0 Å². The van der Waals surface area contributed by atoms with Crippen LogP contribution in [0.15, 0.2) is 18.2 Å². The average molecular weight is 285 g/mol. The Morgan fingerprint density at radius 2 is 1.95 bits per heavy atom. The molecule has 0 aliphatic carbocycles. The molecule has 0 aromatic heterocycles. The lowest BCUT2D eigenvalue weighted by molar-refractivity contribution is 0.106. The second-order valence-electron chi connectivity index (χ2n) is 5.23. The summed E-state index contributed by atoms with van der Waals surface area (Å²) in [6, 6.07) is 4.39. The highest BCUT2D eigenvalue weighted by Gasteiger charge is 2.12. The molecule has 20 heavy (non-hydrogen) atoms. The molecule has 2 unspecified atom stereocenters. The van der Waals surface area contributed by atoms with Crippen molar-refractivity contribution in [3.8, 4) is 0 Å². The molecule has 0 saturated carbocycles. The minimum atomic E-state index is -0.792. The van der Waals surface area contributed by atoms with E-state index in [2.05, 4.69) is 12.2 Å². The molecule has 4 heteroatoms. The van der Waals surface area contributed by atoms with Crippen LogP contribution in [0, 0.1) is 11.6 Å². The summed E-state index contributed by atoms with van der Waals surface area (Å²) in [7, 11) is 1.70. The van der Waals surface area contributed by atoms with E-state index in [4.69, 9.17) is 4.74 Å². The van der Waals surface area contributed by atoms with Crippen LogP contribution in [0.4, 0.5) is 8.78 Å². The van der Waals surface area contributed by atoms with E-state index in [1.807, 2.05) is 6.92 Å². The molecule has 0 radical (unpaired) electrons. The fourth-order valence-electron chi connectivity index (χ4n) is 2.13. The van der Waals surface area contributed by atoms with Crippen LogP contribution in [0.5, 0.6) is 0 Å². The van der Waals surface area contributed by atoms with Crippen LogP contribution < -0.4 is 5.32 Å². The zero-order chi connectivity index (χ0) is 15.0. The molecule has 2 atom stereocenters. The smallest absolute Gasteiger partial charge is 0.159 e. The van der Waals surface area contributed by atoms with Gasteiger partial charge in [0.1, 0.15) is 0 Å². The number of hydrogen-bond donors (Lipinski definition) is 1. The highest BCUT2D eigenvalue weighted by atomic mass is 19.2. The van der Waals surface area contributed by atoms with E-state index in [1.165, 1.54) is 12.1 Å². The number of rotatable bonds is 9.